The van der Waals surface area contributed by atoms with Crippen molar-refractivity contribution in [3.8, 4) is 0 Å². The predicted molar refractivity (Wildman–Crippen MR) is 191 cm³/mol. The summed E-state index contributed by atoms with van der Waals surface area (Å²) < 4.78 is 27.0. The molecule has 11 atom stereocenters. The minimum absolute atomic E-state index is 0.00597. The van der Waals surface area contributed by atoms with Gasteiger partial charge >= 0.3 is 5.97 Å². The molecule has 0 aliphatic carbocycles. The van der Waals surface area contributed by atoms with Gasteiger partial charge in [0.25, 0.3) is 0 Å². The first-order valence-corrected chi connectivity index (χ1v) is 18.2. The molecule has 320 valence electrons. The largest absolute Gasteiger partial charge is 0.460 e. The molecule has 0 saturated carbocycles. The topological polar surface area (TPSA) is 330 Å². The van der Waals surface area contributed by atoms with Crippen molar-refractivity contribution in [2.75, 3.05) is 39.5 Å². The first kappa shape index (κ1) is 47.0. The molecule has 22 nitrogen and oxygen atoms in total. The Morgan fingerprint density at radius 1 is 0.719 bits per heavy atom. The van der Waals surface area contributed by atoms with E-state index < -0.39 is 136 Å². The van der Waals surface area contributed by atoms with Crippen LogP contribution in [0.3, 0.4) is 0 Å². The molecular formula is C35H53N5O17. The van der Waals surface area contributed by atoms with Crippen molar-refractivity contribution < 1.29 is 83.1 Å². The van der Waals surface area contributed by atoms with Crippen LogP contribution in [0.5, 0.6) is 0 Å². The summed E-state index contributed by atoms with van der Waals surface area (Å²) in [5, 5.41) is 72.5. The Balaban J connectivity index is 1.54. The number of unbranched alkanes of at least 4 members (excludes halogenated alkanes) is 1. The second-order valence-corrected chi connectivity index (χ2v) is 13.3. The third-order valence-corrected chi connectivity index (χ3v) is 8.80. The minimum atomic E-state index is -1.62. The number of ether oxygens (including phenoxy) is 5. The molecule has 2 aliphatic rings. The molecule has 5 amide bonds. The fourth-order valence-corrected chi connectivity index (χ4v) is 5.87. The minimum Gasteiger partial charge on any atom is -0.460 e. The highest BCUT2D eigenvalue weighted by atomic mass is 16.7. The number of hydrogen-bond donors (Lipinski definition) is 11. The standard InChI is InChI=1S/C35H53N5O17/c1-18(43)38-27-31(50)29(48)22(13-41)56-34(27)54-16-24(45)36-11-7-6-10-21(33(52)37-12-26(47)53-15-20-8-4-3-5-9-20)40-25(46)17-55-35-28(39-19(2)44)32(51)30(49)23(14-42)57-35/h3-5,8-9,21-23,27-32,34-35,41-42,48-51H,6-7,10-17H2,1-2H3,(H,36,45)(H,37,52)(H,38,43)(H,39,44)(H,40,46)/t21-,22?,23?,27?,28?,29?,30?,31?,32?,34?,35?/m0/s1. The molecule has 1 aromatic rings. The Morgan fingerprint density at radius 3 is 1.75 bits per heavy atom. The summed E-state index contributed by atoms with van der Waals surface area (Å²) in [4.78, 5) is 74.4. The van der Waals surface area contributed by atoms with Gasteiger partial charge in [0.2, 0.25) is 29.5 Å². The van der Waals surface area contributed by atoms with E-state index in [0.29, 0.717) is 0 Å². The number of rotatable bonds is 21. The fraction of sp³-hybridized carbons (Fsp3) is 0.657. The van der Waals surface area contributed by atoms with Crippen LogP contribution in [0.1, 0.15) is 38.7 Å². The highest BCUT2D eigenvalue weighted by molar-refractivity contribution is 5.90. The van der Waals surface area contributed by atoms with Crippen LogP contribution in [0.25, 0.3) is 0 Å². The molecule has 11 N–H and O–H groups in total. The number of benzene rings is 1. The van der Waals surface area contributed by atoms with Gasteiger partial charge in [0.15, 0.2) is 12.6 Å². The van der Waals surface area contributed by atoms with Crippen LogP contribution >= 0.6 is 0 Å². The Labute approximate surface area is 327 Å². The van der Waals surface area contributed by atoms with Gasteiger partial charge in [-0.05, 0) is 24.8 Å². The van der Waals surface area contributed by atoms with Gasteiger partial charge in [-0.15, -0.1) is 0 Å². The molecule has 2 fully saturated rings. The zero-order chi connectivity index (χ0) is 42.1. The van der Waals surface area contributed by atoms with Gasteiger partial charge in [-0.2, -0.15) is 0 Å². The summed E-state index contributed by atoms with van der Waals surface area (Å²) in [6.07, 6.45) is -11.2. The quantitative estimate of drug-likeness (QED) is 0.0407. The lowest BCUT2D eigenvalue weighted by Gasteiger charge is -2.42. The van der Waals surface area contributed by atoms with Crippen LogP contribution in [-0.2, 0) is 59.1 Å². The van der Waals surface area contributed by atoms with Crippen molar-refractivity contribution >= 4 is 35.5 Å². The maximum atomic E-state index is 13.2. The molecule has 0 radical (unpaired) electrons. The summed E-state index contributed by atoms with van der Waals surface area (Å²) in [6, 6.07) is 5.03. The number of aliphatic hydroxyl groups excluding tert-OH is 6. The summed E-state index contributed by atoms with van der Waals surface area (Å²) >= 11 is 0. The number of esters is 1. The lowest BCUT2D eigenvalue weighted by atomic mass is 9.97. The van der Waals surface area contributed by atoms with Crippen molar-refractivity contribution in [2.45, 2.75) is 107 Å². The SMILES string of the molecule is CC(=O)NC1C(OCC(=O)NCCCC[C@H](NC(=O)COC2OC(CO)C(O)C(O)C2NC(C)=O)C(=O)NCC(=O)OCc2ccccc2)OC(CO)C(O)C1O. The summed E-state index contributed by atoms with van der Waals surface area (Å²) in [5.41, 5.74) is 0.724. The van der Waals surface area contributed by atoms with E-state index in [0.717, 1.165) is 12.5 Å². The molecule has 0 spiro atoms. The van der Waals surface area contributed by atoms with Gasteiger partial charge in [0, 0.05) is 20.4 Å². The molecule has 10 unspecified atom stereocenters. The maximum Gasteiger partial charge on any atom is 0.325 e. The van der Waals surface area contributed by atoms with Crippen LogP contribution < -0.4 is 26.6 Å². The molecule has 57 heavy (non-hydrogen) atoms. The lowest BCUT2D eigenvalue weighted by molar-refractivity contribution is -0.268. The van der Waals surface area contributed by atoms with E-state index >= 15 is 0 Å². The molecule has 0 aromatic heterocycles. The lowest BCUT2D eigenvalue weighted by Crippen LogP contribution is -2.64. The van der Waals surface area contributed by atoms with Gasteiger partial charge in [-0.25, -0.2) is 0 Å². The molecule has 3 rings (SSSR count). The van der Waals surface area contributed by atoms with Crippen molar-refractivity contribution in [3.05, 3.63) is 35.9 Å². The first-order chi connectivity index (χ1) is 27.1. The Kier molecular flexibility index (Phi) is 19.6. The number of aliphatic hydroxyl groups is 6. The molecule has 1 aromatic carbocycles. The molecule has 2 aliphatic heterocycles. The Bertz CT molecular complexity index is 1470. The normalized spacial score (nSPS) is 27.6. The maximum absolute atomic E-state index is 13.2. The van der Waals surface area contributed by atoms with E-state index in [9.17, 15) is 59.4 Å². The van der Waals surface area contributed by atoms with Crippen molar-refractivity contribution in [3.63, 3.8) is 0 Å². The summed E-state index contributed by atoms with van der Waals surface area (Å²) in [6.45, 7) is -0.912. The van der Waals surface area contributed by atoms with Crippen molar-refractivity contribution in [1.82, 2.24) is 26.6 Å². The summed E-state index contributed by atoms with van der Waals surface area (Å²) in [5.74, 6) is -4.15. The van der Waals surface area contributed by atoms with E-state index in [2.05, 4.69) is 26.6 Å². The van der Waals surface area contributed by atoms with Crippen LogP contribution in [0.2, 0.25) is 0 Å². The van der Waals surface area contributed by atoms with Gasteiger partial charge in [-0.1, -0.05) is 30.3 Å². The average molecular weight is 816 g/mol. The monoisotopic (exact) mass is 815 g/mol. The van der Waals surface area contributed by atoms with Gasteiger partial charge in [0.1, 0.15) is 81.1 Å². The van der Waals surface area contributed by atoms with E-state index in [1.165, 1.54) is 6.92 Å². The van der Waals surface area contributed by atoms with E-state index in [1.807, 2.05) is 0 Å². The average Bonchev–Trinajstić information content (AvgIpc) is 3.18. The predicted octanol–water partition coefficient (Wildman–Crippen LogP) is -5.46. The highest BCUT2D eigenvalue weighted by Gasteiger charge is 2.46. The van der Waals surface area contributed by atoms with Crippen LogP contribution in [-0.4, -0.2) is 173 Å². The summed E-state index contributed by atoms with van der Waals surface area (Å²) in [7, 11) is 0. The van der Waals surface area contributed by atoms with Gasteiger partial charge in [0.05, 0.1) is 13.2 Å². The van der Waals surface area contributed by atoms with E-state index in [-0.39, 0.29) is 32.4 Å². The Morgan fingerprint density at radius 2 is 1.25 bits per heavy atom. The van der Waals surface area contributed by atoms with Gasteiger partial charge < -0.3 is 80.9 Å². The zero-order valence-electron chi connectivity index (χ0n) is 31.5. The fourth-order valence-electron chi connectivity index (χ4n) is 5.87. The number of hydrogen-bond acceptors (Lipinski definition) is 17. The highest BCUT2D eigenvalue weighted by Crippen LogP contribution is 2.23. The third kappa shape index (κ3) is 15.2. The second-order valence-electron chi connectivity index (χ2n) is 13.3. The van der Waals surface area contributed by atoms with E-state index in [1.54, 1.807) is 30.3 Å². The number of carbonyl (C=O) groups is 6. The first-order valence-electron chi connectivity index (χ1n) is 18.2. The molecule has 0 bridgehead atoms. The van der Waals surface area contributed by atoms with Crippen LogP contribution in [0.15, 0.2) is 30.3 Å². The molecule has 2 saturated heterocycles. The van der Waals surface area contributed by atoms with E-state index in [4.69, 9.17) is 23.7 Å². The molecular weight excluding hydrogens is 762 g/mol. The Hall–Kier alpha value is -4.36. The molecule has 22 heteroatoms. The smallest absolute Gasteiger partial charge is 0.325 e. The van der Waals surface area contributed by atoms with Crippen molar-refractivity contribution in [2.24, 2.45) is 0 Å². The van der Waals surface area contributed by atoms with Crippen LogP contribution in [0, 0.1) is 0 Å². The van der Waals surface area contributed by atoms with Crippen LogP contribution in [0.4, 0.5) is 0 Å². The second kappa shape index (κ2) is 23.8. The number of amides is 5. The van der Waals surface area contributed by atoms with Gasteiger partial charge in [-0.3, -0.25) is 28.8 Å². The number of nitrogens with one attached hydrogen (secondary N) is 5. The van der Waals surface area contributed by atoms with Crippen molar-refractivity contribution in [1.29, 1.82) is 0 Å². The third-order valence-electron chi connectivity index (χ3n) is 8.80. The molecule has 2 heterocycles. The number of carbonyl (C=O) groups excluding carboxylic acids is 6. The zero-order valence-corrected chi connectivity index (χ0v) is 31.5.